The topological polar surface area (TPSA) is 101 Å². The molecule has 2 aromatic rings. The number of hydrogen-bond acceptors (Lipinski definition) is 5. The molecule has 3 heterocycles. The number of carboxylic acids is 1. The molecule has 1 aromatic heterocycles. The predicted octanol–water partition coefficient (Wildman–Crippen LogP) is 2.14. The molecule has 0 spiro atoms. The van der Waals surface area contributed by atoms with Gasteiger partial charge in [-0.15, -0.1) is 0 Å². The normalized spacial score (nSPS) is 20.8. The highest BCUT2D eigenvalue weighted by Gasteiger charge is 2.41. The van der Waals surface area contributed by atoms with Gasteiger partial charge < -0.3 is 24.8 Å². The van der Waals surface area contributed by atoms with E-state index in [-0.39, 0.29) is 25.3 Å². The molecule has 1 fully saturated rings. The second-order valence-corrected chi connectivity index (χ2v) is 6.21. The fourth-order valence-corrected chi connectivity index (χ4v) is 3.29. The molecule has 0 bridgehead atoms. The van der Waals surface area contributed by atoms with Crippen molar-refractivity contribution in [1.82, 2.24) is 9.88 Å². The molecule has 2 aliphatic heterocycles. The number of ether oxygens (including phenoxy) is 2. The minimum atomic E-state index is -0.931. The maximum Gasteiger partial charge on any atom is 0.321 e. The highest BCUT2D eigenvalue weighted by Crippen LogP contribution is 2.35. The quantitative estimate of drug-likeness (QED) is 0.875. The van der Waals surface area contributed by atoms with Crippen LogP contribution in [-0.4, -0.2) is 46.9 Å². The van der Waals surface area contributed by atoms with Gasteiger partial charge in [0.05, 0.1) is 5.92 Å². The van der Waals surface area contributed by atoms with E-state index in [1.54, 1.807) is 36.5 Å². The number of amides is 2. The summed E-state index contributed by atoms with van der Waals surface area (Å²) in [6, 6.07) is 10.1. The van der Waals surface area contributed by atoms with E-state index in [9.17, 15) is 14.7 Å². The van der Waals surface area contributed by atoms with E-state index in [1.165, 1.54) is 4.90 Å². The molecule has 2 aliphatic rings. The van der Waals surface area contributed by atoms with Gasteiger partial charge in [-0.05, 0) is 24.3 Å². The Labute approximate surface area is 149 Å². The Balaban J connectivity index is 1.49. The summed E-state index contributed by atoms with van der Waals surface area (Å²) in [6.07, 6.45) is 1.63. The van der Waals surface area contributed by atoms with Crippen LogP contribution >= 0.6 is 0 Å². The average molecular weight is 355 g/mol. The van der Waals surface area contributed by atoms with Crippen molar-refractivity contribution in [3.63, 3.8) is 0 Å². The number of fused-ring (bicyclic) bond motifs is 1. The second-order valence-electron chi connectivity index (χ2n) is 6.21. The van der Waals surface area contributed by atoms with Gasteiger partial charge in [0.25, 0.3) is 0 Å². The second kappa shape index (κ2) is 6.55. The van der Waals surface area contributed by atoms with Crippen LogP contribution in [-0.2, 0) is 4.79 Å². The Kier molecular flexibility index (Phi) is 4.08. The number of carbonyl (C=O) groups excluding carboxylic acids is 1. The number of urea groups is 1. The summed E-state index contributed by atoms with van der Waals surface area (Å²) in [7, 11) is 0. The molecule has 8 heteroatoms. The van der Waals surface area contributed by atoms with Crippen LogP contribution in [0, 0.1) is 5.92 Å². The Morgan fingerprint density at radius 1 is 1.15 bits per heavy atom. The van der Waals surface area contributed by atoms with Gasteiger partial charge in [0.1, 0.15) is 0 Å². The maximum absolute atomic E-state index is 12.6. The number of aromatic nitrogens is 1. The molecule has 2 atom stereocenters. The zero-order chi connectivity index (χ0) is 18.1. The van der Waals surface area contributed by atoms with Gasteiger partial charge in [0.15, 0.2) is 11.5 Å². The molecule has 2 amide bonds. The van der Waals surface area contributed by atoms with Crippen LogP contribution in [0.25, 0.3) is 0 Å². The zero-order valence-corrected chi connectivity index (χ0v) is 13.8. The first-order valence-corrected chi connectivity index (χ1v) is 8.21. The average Bonchev–Trinajstić information content (AvgIpc) is 3.29. The number of nitrogens with zero attached hydrogens (tertiary/aromatic N) is 2. The Hall–Kier alpha value is -3.29. The van der Waals surface area contributed by atoms with Gasteiger partial charge in [0.2, 0.25) is 6.79 Å². The van der Waals surface area contributed by atoms with Gasteiger partial charge in [-0.3, -0.25) is 9.78 Å². The SMILES string of the molecule is O=C(O)[C@@H]1CN(C(=O)Nc2ccc3c(c2)OCO3)C[C@H]1c1ccccn1. The lowest BCUT2D eigenvalue weighted by Crippen LogP contribution is -2.33. The van der Waals surface area contributed by atoms with Gasteiger partial charge in [-0.2, -0.15) is 0 Å². The molecule has 1 saturated heterocycles. The lowest BCUT2D eigenvalue weighted by molar-refractivity contribution is -0.141. The Morgan fingerprint density at radius 3 is 2.77 bits per heavy atom. The van der Waals surface area contributed by atoms with Crippen LogP contribution in [0.1, 0.15) is 11.6 Å². The molecule has 0 radical (unpaired) electrons. The van der Waals surface area contributed by atoms with E-state index in [0.29, 0.717) is 29.4 Å². The van der Waals surface area contributed by atoms with Crippen LogP contribution in [0.3, 0.4) is 0 Å². The summed E-state index contributed by atoms with van der Waals surface area (Å²) in [5.74, 6) is -0.757. The maximum atomic E-state index is 12.6. The van der Waals surface area contributed by atoms with Gasteiger partial charge in [0, 0.05) is 42.7 Å². The third-order valence-electron chi connectivity index (χ3n) is 4.62. The number of hydrogen-bond donors (Lipinski definition) is 2. The number of nitrogens with one attached hydrogen (secondary N) is 1. The molecule has 26 heavy (non-hydrogen) atoms. The van der Waals surface area contributed by atoms with Crippen LogP contribution in [0.4, 0.5) is 10.5 Å². The van der Waals surface area contributed by atoms with Crippen molar-refractivity contribution >= 4 is 17.7 Å². The smallest absolute Gasteiger partial charge is 0.321 e. The van der Waals surface area contributed by atoms with E-state index in [4.69, 9.17) is 9.47 Å². The number of rotatable bonds is 3. The van der Waals surface area contributed by atoms with Crippen molar-refractivity contribution in [2.24, 2.45) is 5.92 Å². The standard InChI is InChI=1S/C18H17N3O5/c22-17(23)13-9-21(8-12(13)14-3-1-2-6-19-14)18(24)20-11-4-5-15-16(7-11)26-10-25-15/h1-7,12-13H,8-10H2,(H,20,24)(H,22,23)/t12-,13-/m1/s1. The fourth-order valence-electron chi connectivity index (χ4n) is 3.29. The summed E-state index contributed by atoms with van der Waals surface area (Å²) in [4.78, 5) is 30.0. The Bertz CT molecular complexity index is 842. The number of pyridine rings is 1. The first-order chi connectivity index (χ1) is 12.6. The first kappa shape index (κ1) is 16.2. The van der Waals surface area contributed by atoms with Gasteiger partial charge >= 0.3 is 12.0 Å². The van der Waals surface area contributed by atoms with Crippen molar-refractivity contribution in [2.75, 3.05) is 25.2 Å². The molecule has 0 unspecified atom stereocenters. The molecule has 0 saturated carbocycles. The zero-order valence-electron chi connectivity index (χ0n) is 13.8. The van der Waals surface area contributed by atoms with Crippen LogP contribution in [0.5, 0.6) is 11.5 Å². The van der Waals surface area contributed by atoms with E-state index in [1.807, 2.05) is 6.07 Å². The predicted molar refractivity (Wildman–Crippen MR) is 91.3 cm³/mol. The van der Waals surface area contributed by atoms with Crippen LogP contribution in [0.15, 0.2) is 42.6 Å². The van der Waals surface area contributed by atoms with Crippen molar-refractivity contribution in [3.05, 3.63) is 48.3 Å². The first-order valence-electron chi connectivity index (χ1n) is 8.21. The molecule has 2 N–H and O–H groups in total. The molecule has 0 aliphatic carbocycles. The third-order valence-corrected chi connectivity index (χ3v) is 4.62. The van der Waals surface area contributed by atoms with E-state index >= 15 is 0 Å². The minimum Gasteiger partial charge on any atom is -0.481 e. The van der Waals surface area contributed by atoms with Crippen molar-refractivity contribution in [2.45, 2.75) is 5.92 Å². The van der Waals surface area contributed by atoms with Crippen molar-refractivity contribution < 1.29 is 24.2 Å². The summed E-state index contributed by atoms with van der Waals surface area (Å²) in [6.45, 7) is 0.586. The third kappa shape index (κ3) is 3.01. The largest absolute Gasteiger partial charge is 0.481 e. The summed E-state index contributed by atoms with van der Waals surface area (Å²) >= 11 is 0. The highest BCUT2D eigenvalue weighted by atomic mass is 16.7. The highest BCUT2D eigenvalue weighted by molar-refractivity contribution is 5.90. The van der Waals surface area contributed by atoms with E-state index in [2.05, 4.69) is 10.3 Å². The number of benzene rings is 1. The van der Waals surface area contributed by atoms with Gasteiger partial charge in [-0.1, -0.05) is 6.07 Å². The van der Waals surface area contributed by atoms with E-state index in [0.717, 1.165) is 0 Å². The molecular weight excluding hydrogens is 338 g/mol. The van der Waals surface area contributed by atoms with Crippen LogP contribution in [0.2, 0.25) is 0 Å². The van der Waals surface area contributed by atoms with Crippen molar-refractivity contribution in [3.8, 4) is 11.5 Å². The summed E-state index contributed by atoms with van der Waals surface area (Å²) < 4.78 is 10.5. The summed E-state index contributed by atoms with van der Waals surface area (Å²) in [5.41, 5.74) is 1.24. The molecule has 4 rings (SSSR count). The number of carboxylic acid groups (broad SMARTS) is 1. The van der Waals surface area contributed by atoms with E-state index < -0.39 is 11.9 Å². The molecule has 8 nitrogen and oxygen atoms in total. The van der Waals surface area contributed by atoms with Gasteiger partial charge in [-0.25, -0.2) is 4.79 Å². The summed E-state index contributed by atoms with van der Waals surface area (Å²) in [5, 5.41) is 12.3. The fraction of sp³-hybridized carbons (Fsp3) is 0.278. The number of aliphatic carboxylic acids is 1. The van der Waals surface area contributed by atoms with Crippen molar-refractivity contribution in [1.29, 1.82) is 0 Å². The molecule has 1 aromatic carbocycles. The number of carbonyl (C=O) groups is 2. The molecule has 134 valence electrons. The lowest BCUT2D eigenvalue weighted by atomic mass is 9.93. The minimum absolute atomic E-state index is 0.132. The Morgan fingerprint density at radius 2 is 2.00 bits per heavy atom. The monoisotopic (exact) mass is 355 g/mol. The number of likely N-dealkylation sites (tertiary alicyclic amines) is 1. The number of anilines is 1. The molecular formula is C18H17N3O5. The van der Waals surface area contributed by atoms with Crippen LogP contribution < -0.4 is 14.8 Å². The lowest BCUT2D eigenvalue weighted by Gasteiger charge is -2.17.